The molecule has 1 heteroatoms. The quantitative estimate of drug-likeness (QED) is 0.633. The fraction of sp³-hybridized carbons (Fsp3) is 1.00. The summed E-state index contributed by atoms with van der Waals surface area (Å²) in [7, 11) is 0. The van der Waals surface area contributed by atoms with Crippen LogP contribution in [-0.4, -0.2) is 6.54 Å². The molecule has 0 aromatic carbocycles. The Morgan fingerprint density at radius 2 is 2.00 bits per heavy atom. The van der Waals surface area contributed by atoms with Gasteiger partial charge in [-0.05, 0) is 61.8 Å². The number of rotatable bonds is 1. The molecule has 3 aliphatic rings. The summed E-state index contributed by atoms with van der Waals surface area (Å²) in [5.41, 5.74) is 6.51. The van der Waals surface area contributed by atoms with Gasteiger partial charge in [0.2, 0.25) is 0 Å². The monoisotopic (exact) mass is 165 g/mol. The Hall–Kier alpha value is -0.0400. The molecule has 1 spiro atoms. The number of nitrogens with two attached hydrogens (primary N) is 1. The molecular weight excluding hydrogens is 146 g/mol. The zero-order valence-electron chi connectivity index (χ0n) is 7.76. The Bertz CT molecular complexity index is 193. The van der Waals surface area contributed by atoms with Crippen LogP contribution in [0.4, 0.5) is 0 Å². The fourth-order valence-electron chi connectivity index (χ4n) is 4.31. The first kappa shape index (κ1) is 7.37. The largest absolute Gasteiger partial charge is 0.330 e. The van der Waals surface area contributed by atoms with Gasteiger partial charge in [-0.2, -0.15) is 0 Å². The van der Waals surface area contributed by atoms with E-state index in [1.807, 2.05) is 0 Å². The molecule has 0 aromatic heterocycles. The molecule has 0 heterocycles. The highest BCUT2D eigenvalue weighted by atomic mass is 14.7. The van der Waals surface area contributed by atoms with E-state index in [-0.39, 0.29) is 0 Å². The SMILES string of the molecule is NCC1CC2(CC3CCC2C3)C1. The average molecular weight is 165 g/mol. The second-order valence-corrected chi connectivity index (χ2v) is 5.45. The first-order valence-corrected chi connectivity index (χ1v) is 5.52. The molecule has 0 aliphatic heterocycles. The summed E-state index contributed by atoms with van der Waals surface area (Å²) < 4.78 is 0. The topological polar surface area (TPSA) is 26.0 Å². The zero-order valence-corrected chi connectivity index (χ0v) is 7.76. The molecule has 3 fully saturated rings. The lowest BCUT2D eigenvalue weighted by Gasteiger charge is -2.50. The standard InChI is InChI=1S/C11H19N/c12-7-9-5-11(6-9)4-8-1-2-10(11)3-8/h8-10H,1-7,12H2. The van der Waals surface area contributed by atoms with E-state index in [1.54, 1.807) is 25.7 Å². The minimum atomic E-state index is 0.826. The maximum atomic E-state index is 5.68. The summed E-state index contributed by atoms with van der Waals surface area (Å²) in [6.45, 7) is 0.944. The van der Waals surface area contributed by atoms with Crippen LogP contribution in [0.3, 0.4) is 0 Å². The third-order valence-electron chi connectivity index (χ3n) is 4.83. The van der Waals surface area contributed by atoms with Crippen LogP contribution in [0.15, 0.2) is 0 Å². The van der Waals surface area contributed by atoms with Gasteiger partial charge in [0.25, 0.3) is 0 Å². The van der Waals surface area contributed by atoms with Gasteiger partial charge >= 0.3 is 0 Å². The Morgan fingerprint density at radius 3 is 2.50 bits per heavy atom. The van der Waals surface area contributed by atoms with Crippen molar-refractivity contribution in [2.75, 3.05) is 6.54 Å². The predicted molar refractivity (Wildman–Crippen MR) is 49.7 cm³/mol. The Labute approximate surface area is 74.7 Å². The van der Waals surface area contributed by atoms with Gasteiger partial charge in [0.05, 0.1) is 0 Å². The van der Waals surface area contributed by atoms with Gasteiger partial charge in [-0.25, -0.2) is 0 Å². The minimum Gasteiger partial charge on any atom is -0.330 e. The highest BCUT2D eigenvalue weighted by Crippen LogP contribution is 2.66. The second kappa shape index (κ2) is 2.25. The second-order valence-electron chi connectivity index (χ2n) is 5.45. The first-order valence-electron chi connectivity index (χ1n) is 5.52. The van der Waals surface area contributed by atoms with Crippen LogP contribution in [0.2, 0.25) is 0 Å². The van der Waals surface area contributed by atoms with E-state index in [0.717, 1.165) is 29.7 Å². The van der Waals surface area contributed by atoms with Crippen LogP contribution in [0.25, 0.3) is 0 Å². The molecule has 3 saturated carbocycles. The van der Waals surface area contributed by atoms with Crippen LogP contribution < -0.4 is 5.73 Å². The van der Waals surface area contributed by atoms with Gasteiger partial charge in [0, 0.05) is 0 Å². The van der Waals surface area contributed by atoms with Crippen molar-refractivity contribution in [3.05, 3.63) is 0 Å². The molecule has 3 aliphatic carbocycles. The van der Waals surface area contributed by atoms with Gasteiger partial charge in [-0.15, -0.1) is 0 Å². The van der Waals surface area contributed by atoms with Gasteiger partial charge in [0.1, 0.15) is 0 Å². The van der Waals surface area contributed by atoms with E-state index in [2.05, 4.69) is 0 Å². The number of hydrogen-bond donors (Lipinski definition) is 1. The van der Waals surface area contributed by atoms with Gasteiger partial charge in [-0.1, -0.05) is 6.42 Å². The molecule has 0 radical (unpaired) electrons. The molecule has 0 amide bonds. The van der Waals surface area contributed by atoms with Crippen LogP contribution in [0.1, 0.15) is 38.5 Å². The third-order valence-corrected chi connectivity index (χ3v) is 4.83. The van der Waals surface area contributed by atoms with Crippen molar-refractivity contribution in [2.45, 2.75) is 38.5 Å². The highest BCUT2D eigenvalue weighted by Gasteiger charge is 2.56. The maximum Gasteiger partial charge on any atom is -0.00485 e. The van der Waals surface area contributed by atoms with Crippen molar-refractivity contribution in [2.24, 2.45) is 28.9 Å². The third kappa shape index (κ3) is 0.783. The summed E-state index contributed by atoms with van der Waals surface area (Å²) in [4.78, 5) is 0. The van der Waals surface area contributed by atoms with E-state index in [4.69, 9.17) is 5.73 Å². The van der Waals surface area contributed by atoms with Crippen LogP contribution >= 0.6 is 0 Å². The molecule has 3 rings (SSSR count). The summed E-state index contributed by atoms with van der Waals surface area (Å²) in [6, 6.07) is 0. The van der Waals surface area contributed by atoms with Crippen molar-refractivity contribution in [3.8, 4) is 0 Å². The van der Waals surface area contributed by atoms with Crippen molar-refractivity contribution in [3.63, 3.8) is 0 Å². The Morgan fingerprint density at radius 1 is 1.17 bits per heavy atom. The lowest BCUT2D eigenvalue weighted by Crippen LogP contribution is -2.44. The fourth-order valence-corrected chi connectivity index (χ4v) is 4.31. The van der Waals surface area contributed by atoms with Crippen molar-refractivity contribution in [1.82, 2.24) is 0 Å². The van der Waals surface area contributed by atoms with Crippen LogP contribution in [-0.2, 0) is 0 Å². The average Bonchev–Trinajstić information content (AvgIpc) is 2.57. The lowest BCUT2D eigenvalue weighted by molar-refractivity contribution is 0.00122. The number of hydrogen-bond acceptors (Lipinski definition) is 1. The molecular formula is C11H19N. The molecule has 12 heavy (non-hydrogen) atoms. The van der Waals surface area contributed by atoms with Crippen LogP contribution in [0, 0.1) is 23.2 Å². The van der Waals surface area contributed by atoms with E-state index >= 15 is 0 Å². The lowest BCUT2D eigenvalue weighted by atomic mass is 9.55. The van der Waals surface area contributed by atoms with Crippen LogP contribution in [0.5, 0.6) is 0 Å². The predicted octanol–water partition coefficient (Wildman–Crippen LogP) is 2.16. The zero-order chi connectivity index (χ0) is 8.18. The summed E-state index contributed by atoms with van der Waals surface area (Å²) in [5.74, 6) is 3.13. The maximum absolute atomic E-state index is 5.68. The molecule has 2 atom stereocenters. The molecule has 2 bridgehead atoms. The van der Waals surface area contributed by atoms with E-state index in [1.165, 1.54) is 12.8 Å². The number of fused-ring (bicyclic) bond motifs is 3. The Balaban J connectivity index is 1.72. The normalized spacial score (nSPS) is 56.2. The molecule has 2 unspecified atom stereocenters. The van der Waals surface area contributed by atoms with E-state index in [0.29, 0.717) is 0 Å². The van der Waals surface area contributed by atoms with Gasteiger partial charge < -0.3 is 5.73 Å². The molecule has 1 nitrogen and oxygen atoms in total. The summed E-state index contributed by atoms with van der Waals surface area (Å²) >= 11 is 0. The summed E-state index contributed by atoms with van der Waals surface area (Å²) in [5, 5.41) is 0. The van der Waals surface area contributed by atoms with E-state index < -0.39 is 0 Å². The molecule has 68 valence electrons. The van der Waals surface area contributed by atoms with Gasteiger partial charge in [0.15, 0.2) is 0 Å². The highest BCUT2D eigenvalue weighted by molar-refractivity contribution is 5.07. The van der Waals surface area contributed by atoms with Crippen molar-refractivity contribution < 1.29 is 0 Å². The van der Waals surface area contributed by atoms with Crippen molar-refractivity contribution >= 4 is 0 Å². The van der Waals surface area contributed by atoms with Crippen molar-refractivity contribution in [1.29, 1.82) is 0 Å². The minimum absolute atomic E-state index is 0.826. The smallest absolute Gasteiger partial charge is 0.00485 e. The van der Waals surface area contributed by atoms with Gasteiger partial charge in [-0.3, -0.25) is 0 Å². The first-order chi connectivity index (χ1) is 5.82. The van der Waals surface area contributed by atoms with E-state index in [9.17, 15) is 0 Å². The molecule has 0 aromatic rings. The molecule has 0 saturated heterocycles. The Kier molecular flexibility index (Phi) is 1.39. The summed E-state index contributed by atoms with van der Waals surface area (Å²) in [6.07, 6.45) is 9.17. The molecule has 2 N–H and O–H groups in total.